The van der Waals surface area contributed by atoms with Gasteiger partial charge in [0.1, 0.15) is 0 Å². The zero-order chi connectivity index (χ0) is 15.0. The molecule has 0 N–H and O–H groups in total. The molecule has 0 aliphatic carbocycles. The summed E-state index contributed by atoms with van der Waals surface area (Å²) >= 11 is 0. The van der Waals surface area contributed by atoms with Gasteiger partial charge in [0.15, 0.2) is 0 Å². The van der Waals surface area contributed by atoms with Crippen molar-refractivity contribution in [2.24, 2.45) is 5.92 Å². The highest BCUT2D eigenvalue weighted by Crippen LogP contribution is 2.27. The Hall–Kier alpha value is -0.990. The Bertz CT molecular complexity index is 700. The molecule has 1 heterocycles. The molecular formula is C12H16FNO4S2. The van der Waals surface area contributed by atoms with Crippen molar-refractivity contribution in [2.45, 2.75) is 29.6 Å². The van der Waals surface area contributed by atoms with E-state index in [0.29, 0.717) is 19.0 Å². The summed E-state index contributed by atoms with van der Waals surface area (Å²) in [6.07, 6.45) is 1.68. The molecule has 0 aromatic heterocycles. The van der Waals surface area contributed by atoms with Crippen molar-refractivity contribution < 1.29 is 20.7 Å². The van der Waals surface area contributed by atoms with Gasteiger partial charge in [0, 0.05) is 13.1 Å². The van der Waals surface area contributed by atoms with E-state index in [-0.39, 0.29) is 4.90 Å². The second kappa shape index (κ2) is 5.42. The first-order valence-electron chi connectivity index (χ1n) is 6.30. The van der Waals surface area contributed by atoms with Crippen LogP contribution in [0, 0.1) is 5.92 Å². The second-order valence-corrected chi connectivity index (χ2v) is 8.12. The van der Waals surface area contributed by atoms with E-state index < -0.39 is 25.1 Å². The van der Waals surface area contributed by atoms with Gasteiger partial charge in [-0.05, 0) is 30.5 Å². The van der Waals surface area contributed by atoms with Crippen molar-refractivity contribution >= 4 is 20.2 Å². The van der Waals surface area contributed by atoms with Crippen LogP contribution in [0.2, 0.25) is 0 Å². The van der Waals surface area contributed by atoms with Crippen molar-refractivity contribution in [2.75, 3.05) is 13.1 Å². The molecule has 0 amide bonds. The Morgan fingerprint density at radius 2 is 1.90 bits per heavy atom. The van der Waals surface area contributed by atoms with Gasteiger partial charge in [-0.2, -0.15) is 12.7 Å². The number of hydrogen-bond acceptors (Lipinski definition) is 4. The molecule has 0 radical (unpaired) electrons. The highest BCUT2D eigenvalue weighted by atomic mass is 32.3. The van der Waals surface area contributed by atoms with Crippen molar-refractivity contribution in [1.82, 2.24) is 4.31 Å². The van der Waals surface area contributed by atoms with Crippen molar-refractivity contribution in [3.05, 3.63) is 24.3 Å². The van der Waals surface area contributed by atoms with Gasteiger partial charge in [0.05, 0.1) is 9.79 Å². The van der Waals surface area contributed by atoms with Gasteiger partial charge >= 0.3 is 10.2 Å². The van der Waals surface area contributed by atoms with E-state index in [9.17, 15) is 20.7 Å². The summed E-state index contributed by atoms with van der Waals surface area (Å²) in [4.78, 5) is -0.821. The van der Waals surface area contributed by atoms with Gasteiger partial charge in [-0.1, -0.05) is 19.4 Å². The predicted octanol–water partition coefficient (Wildman–Crippen LogP) is 1.77. The Morgan fingerprint density at radius 3 is 2.45 bits per heavy atom. The predicted molar refractivity (Wildman–Crippen MR) is 71.9 cm³/mol. The number of benzene rings is 1. The summed E-state index contributed by atoms with van der Waals surface area (Å²) in [5, 5.41) is 0. The largest absolute Gasteiger partial charge is 0.332 e. The van der Waals surface area contributed by atoms with Crippen LogP contribution in [0.5, 0.6) is 0 Å². The monoisotopic (exact) mass is 321 g/mol. The lowest BCUT2D eigenvalue weighted by molar-refractivity contribution is 0.453. The minimum atomic E-state index is -4.91. The average Bonchev–Trinajstić information content (AvgIpc) is 2.87. The van der Waals surface area contributed by atoms with Crippen molar-refractivity contribution in [3.8, 4) is 0 Å². The second-order valence-electron chi connectivity index (χ2n) is 4.84. The van der Waals surface area contributed by atoms with Gasteiger partial charge in [-0.25, -0.2) is 8.42 Å². The fourth-order valence-corrected chi connectivity index (χ4v) is 4.44. The maximum atomic E-state index is 12.9. The van der Waals surface area contributed by atoms with E-state index >= 15 is 0 Å². The number of sulfonamides is 1. The standard InChI is InChI=1S/C12H16FNO4S2/c1-2-10-6-7-14(9-10)20(17,18)12-5-3-4-11(8-12)19(13,15)16/h3-5,8,10H,2,6-7,9H2,1H3. The van der Waals surface area contributed by atoms with Gasteiger partial charge in [-0.3, -0.25) is 0 Å². The topological polar surface area (TPSA) is 71.5 Å². The van der Waals surface area contributed by atoms with Crippen LogP contribution in [0.4, 0.5) is 3.89 Å². The van der Waals surface area contributed by atoms with E-state index in [4.69, 9.17) is 0 Å². The number of nitrogens with zero attached hydrogens (tertiary/aromatic N) is 1. The first-order valence-corrected chi connectivity index (χ1v) is 9.12. The summed E-state index contributed by atoms with van der Waals surface area (Å²) in [6, 6.07) is 4.41. The molecule has 1 saturated heterocycles. The lowest BCUT2D eigenvalue weighted by Gasteiger charge is -2.16. The Kier molecular flexibility index (Phi) is 4.17. The van der Waals surface area contributed by atoms with E-state index in [1.54, 1.807) is 0 Å². The molecule has 2 rings (SSSR count). The number of rotatable bonds is 4. The molecule has 8 heteroatoms. The molecule has 0 saturated carbocycles. The zero-order valence-electron chi connectivity index (χ0n) is 11.0. The third-order valence-electron chi connectivity index (χ3n) is 3.55. The van der Waals surface area contributed by atoms with Gasteiger partial charge in [0.25, 0.3) is 0 Å². The molecule has 5 nitrogen and oxygen atoms in total. The molecular weight excluding hydrogens is 305 g/mol. The summed E-state index contributed by atoms with van der Waals surface area (Å²) in [5.74, 6) is 0.317. The maximum absolute atomic E-state index is 12.9. The molecule has 0 bridgehead atoms. The van der Waals surface area contributed by atoms with E-state index in [1.807, 2.05) is 6.92 Å². The van der Waals surface area contributed by atoms with Gasteiger partial charge in [-0.15, -0.1) is 3.89 Å². The highest BCUT2D eigenvalue weighted by molar-refractivity contribution is 7.89. The first-order chi connectivity index (χ1) is 9.25. The van der Waals surface area contributed by atoms with E-state index in [2.05, 4.69) is 0 Å². The summed E-state index contributed by atoms with van der Waals surface area (Å²) < 4.78 is 60.8. The molecule has 1 aromatic rings. The van der Waals surface area contributed by atoms with Crippen LogP contribution in [0.25, 0.3) is 0 Å². The molecule has 1 aromatic carbocycles. The van der Waals surface area contributed by atoms with Crippen LogP contribution in [0.15, 0.2) is 34.1 Å². The Labute approximate surface area is 118 Å². The highest BCUT2D eigenvalue weighted by Gasteiger charge is 2.32. The van der Waals surface area contributed by atoms with Crippen molar-refractivity contribution in [3.63, 3.8) is 0 Å². The summed E-state index contributed by atoms with van der Waals surface area (Å²) in [5.41, 5.74) is 0. The van der Waals surface area contributed by atoms with Crippen LogP contribution >= 0.6 is 0 Å². The van der Waals surface area contributed by atoms with Crippen LogP contribution in [-0.2, 0) is 20.2 Å². The van der Waals surface area contributed by atoms with Crippen LogP contribution in [0.3, 0.4) is 0 Å². The first kappa shape index (κ1) is 15.4. The fraction of sp³-hybridized carbons (Fsp3) is 0.500. The maximum Gasteiger partial charge on any atom is 0.332 e. The van der Waals surface area contributed by atoms with E-state index in [0.717, 1.165) is 25.0 Å². The van der Waals surface area contributed by atoms with E-state index in [1.165, 1.54) is 16.4 Å². The zero-order valence-corrected chi connectivity index (χ0v) is 12.6. The van der Waals surface area contributed by atoms with Crippen LogP contribution in [0.1, 0.15) is 19.8 Å². The normalized spacial score (nSPS) is 21.2. The van der Waals surface area contributed by atoms with Crippen LogP contribution < -0.4 is 0 Å². The van der Waals surface area contributed by atoms with Crippen molar-refractivity contribution in [1.29, 1.82) is 0 Å². The Balaban J connectivity index is 2.36. The molecule has 20 heavy (non-hydrogen) atoms. The van der Waals surface area contributed by atoms with Gasteiger partial charge in [0.2, 0.25) is 10.0 Å². The third kappa shape index (κ3) is 3.02. The summed E-state index contributed by atoms with van der Waals surface area (Å²) in [7, 11) is -8.67. The molecule has 1 aliphatic rings. The molecule has 112 valence electrons. The minimum Gasteiger partial charge on any atom is -0.207 e. The third-order valence-corrected chi connectivity index (χ3v) is 6.23. The number of hydrogen-bond donors (Lipinski definition) is 0. The SMILES string of the molecule is CCC1CCN(S(=O)(=O)c2cccc(S(=O)(=O)F)c2)C1. The van der Waals surface area contributed by atoms with Crippen LogP contribution in [-0.4, -0.2) is 34.2 Å². The molecule has 0 spiro atoms. The number of halogens is 1. The smallest absolute Gasteiger partial charge is 0.207 e. The molecule has 1 aliphatic heterocycles. The Morgan fingerprint density at radius 1 is 1.25 bits per heavy atom. The summed E-state index contributed by atoms with van der Waals surface area (Å²) in [6.45, 7) is 2.83. The minimum absolute atomic E-state index is 0.187. The molecule has 1 unspecified atom stereocenters. The van der Waals surface area contributed by atoms with Gasteiger partial charge < -0.3 is 0 Å². The fourth-order valence-electron chi connectivity index (χ4n) is 2.28. The lowest BCUT2D eigenvalue weighted by Crippen LogP contribution is -2.29. The average molecular weight is 321 g/mol. The molecule has 1 atom stereocenters. The lowest BCUT2D eigenvalue weighted by atomic mass is 10.1. The molecule has 1 fully saturated rings. The quantitative estimate of drug-likeness (QED) is 0.792.